The fourth-order valence-corrected chi connectivity index (χ4v) is 6.54. The summed E-state index contributed by atoms with van der Waals surface area (Å²) in [7, 11) is 0. The van der Waals surface area contributed by atoms with Crippen molar-refractivity contribution < 1.29 is 18.0 Å². The average molecular weight is 453 g/mol. The lowest BCUT2D eigenvalue weighted by Crippen LogP contribution is -2.48. The van der Waals surface area contributed by atoms with Gasteiger partial charge >= 0.3 is 6.18 Å². The van der Waals surface area contributed by atoms with E-state index in [9.17, 15) is 18.0 Å². The first-order valence-corrected chi connectivity index (χ1v) is 12.0. The van der Waals surface area contributed by atoms with Gasteiger partial charge in [-0.15, -0.1) is 23.5 Å². The van der Waals surface area contributed by atoms with Crippen molar-refractivity contribution in [2.45, 2.75) is 17.3 Å². The van der Waals surface area contributed by atoms with E-state index in [0.717, 1.165) is 17.7 Å². The van der Waals surface area contributed by atoms with E-state index in [1.165, 1.54) is 29.2 Å². The van der Waals surface area contributed by atoms with Crippen LogP contribution in [0, 0.1) is 0 Å². The van der Waals surface area contributed by atoms with Crippen molar-refractivity contribution in [3.8, 4) is 0 Å². The number of benzene rings is 2. The van der Waals surface area contributed by atoms with Gasteiger partial charge in [-0.1, -0.05) is 24.3 Å². The predicted octanol–water partition coefficient (Wildman–Crippen LogP) is 5.14. The summed E-state index contributed by atoms with van der Waals surface area (Å²) >= 11 is 3.89. The van der Waals surface area contributed by atoms with Gasteiger partial charge in [0, 0.05) is 49.8 Å². The highest BCUT2D eigenvalue weighted by Gasteiger charge is 2.30. The molecule has 0 spiro atoms. The molecule has 0 bridgehead atoms. The third-order valence-electron chi connectivity index (χ3n) is 5.40. The van der Waals surface area contributed by atoms with Gasteiger partial charge in [-0.05, 0) is 35.4 Å². The molecule has 2 aliphatic heterocycles. The Morgan fingerprint density at radius 3 is 2.07 bits per heavy atom. The third kappa shape index (κ3) is 5.15. The molecule has 30 heavy (non-hydrogen) atoms. The average Bonchev–Trinajstić information content (AvgIpc) is 3.29. The molecule has 2 aromatic carbocycles. The van der Waals surface area contributed by atoms with Crippen molar-refractivity contribution in [3.63, 3.8) is 0 Å². The molecular weight excluding hydrogens is 429 g/mol. The summed E-state index contributed by atoms with van der Waals surface area (Å²) in [5.41, 5.74) is 2.20. The summed E-state index contributed by atoms with van der Waals surface area (Å²) in [4.78, 5) is 16.8. The Morgan fingerprint density at radius 1 is 0.900 bits per heavy atom. The molecule has 0 atom stereocenters. The van der Waals surface area contributed by atoms with Crippen molar-refractivity contribution in [3.05, 3.63) is 70.8 Å². The zero-order chi connectivity index (χ0) is 21.1. The second-order valence-corrected chi connectivity index (χ2v) is 10.2. The SMILES string of the molecule is O=C(c1ccc(C2SCCS2)cc1)N1CCN(Cc2ccc(C(F)(F)F)cc2)CC1. The molecule has 2 fully saturated rings. The van der Waals surface area contributed by atoms with Crippen molar-refractivity contribution in [2.75, 3.05) is 37.7 Å². The summed E-state index contributed by atoms with van der Waals surface area (Å²) in [5.74, 6) is 2.39. The Balaban J connectivity index is 1.29. The van der Waals surface area contributed by atoms with Crippen LogP contribution < -0.4 is 0 Å². The molecule has 2 heterocycles. The molecule has 1 amide bonds. The number of nitrogens with zero attached hydrogens (tertiary/aromatic N) is 2. The fourth-order valence-electron chi connectivity index (χ4n) is 3.68. The van der Waals surface area contributed by atoms with Crippen LogP contribution in [0.15, 0.2) is 48.5 Å². The van der Waals surface area contributed by atoms with Gasteiger partial charge in [0.15, 0.2) is 0 Å². The van der Waals surface area contributed by atoms with Gasteiger partial charge in [0.2, 0.25) is 0 Å². The summed E-state index contributed by atoms with van der Waals surface area (Å²) in [5, 5.41) is 0. The van der Waals surface area contributed by atoms with Crippen LogP contribution >= 0.6 is 23.5 Å². The van der Waals surface area contributed by atoms with E-state index in [4.69, 9.17) is 0 Å². The summed E-state index contributed by atoms with van der Waals surface area (Å²) in [6.45, 7) is 3.25. The Morgan fingerprint density at radius 2 is 1.50 bits per heavy atom. The number of halogens is 3. The number of carbonyl (C=O) groups excluding carboxylic acids is 1. The number of rotatable bonds is 4. The molecule has 0 saturated carbocycles. The minimum absolute atomic E-state index is 0.0439. The van der Waals surface area contributed by atoms with Gasteiger partial charge in [0.25, 0.3) is 5.91 Å². The number of amides is 1. The Kier molecular flexibility index (Phi) is 6.65. The van der Waals surface area contributed by atoms with Crippen LogP contribution in [0.2, 0.25) is 0 Å². The predicted molar refractivity (Wildman–Crippen MR) is 117 cm³/mol. The number of hydrogen-bond donors (Lipinski definition) is 0. The van der Waals surface area contributed by atoms with E-state index in [2.05, 4.69) is 17.0 Å². The molecule has 2 saturated heterocycles. The molecule has 0 N–H and O–H groups in total. The Labute approximate surface area is 183 Å². The largest absolute Gasteiger partial charge is 0.416 e. The van der Waals surface area contributed by atoms with Crippen molar-refractivity contribution in [2.24, 2.45) is 0 Å². The highest BCUT2D eigenvalue weighted by Crippen LogP contribution is 2.45. The van der Waals surface area contributed by atoms with E-state index >= 15 is 0 Å². The van der Waals surface area contributed by atoms with Crippen LogP contribution in [0.5, 0.6) is 0 Å². The van der Waals surface area contributed by atoms with Crippen LogP contribution in [0.25, 0.3) is 0 Å². The number of piperazine rings is 1. The topological polar surface area (TPSA) is 23.6 Å². The van der Waals surface area contributed by atoms with Crippen molar-refractivity contribution >= 4 is 29.4 Å². The van der Waals surface area contributed by atoms with Gasteiger partial charge < -0.3 is 4.90 Å². The minimum atomic E-state index is -4.31. The van der Waals surface area contributed by atoms with Crippen LogP contribution in [-0.4, -0.2) is 53.4 Å². The number of thioether (sulfide) groups is 2. The number of carbonyl (C=O) groups is 1. The quantitative estimate of drug-likeness (QED) is 0.641. The van der Waals surface area contributed by atoms with Crippen LogP contribution in [0.4, 0.5) is 13.2 Å². The molecule has 160 valence electrons. The Hall–Kier alpha value is -1.64. The maximum atomic E-state index is 12.8. The molecule has 4 rings (SSSR count). The molecular formula is C22H23F3N2OS2. The van der Waals surface area contributed by atoms with E-state index in [1.807, 2.05) is 40.6 Å². The molecule has 0 radical (unpaired) electrons. The molecule has 2 aliphatic rings. The van der Waals surface area contributed by atoms with Crippen molar-refractivity contribution in [1.29, 1.82) is 0 Å². The normalized spacial score (nSPS) is 18.7. The third-order valence-corrected chi connectivity index (χ3v) is 8.50. The van der Waals surface area contributed by atoms with Gasteiger partial charge in [0.05, 0.1) is 10.1 Å². The highest BCUT2D eigenvalue weighted by atomic mass is 32.2. The second kappa shape index (κ2) is 9.24. The fraction of sp³-hybridized carbons (Fsp3) is 0.409. The zero-order valence-corrected chi connectivity index (χ0v) is 18.0. The minimum Gasteiger partial charge on any atom is -0.336 e. The smallest absolute Gasteiger partial charge is 0.336 e. The summed E-state index contributed by atoms with van der Waals surface area (Å²) in [6.07, 6.45) is -4.31. The maximum absolute atomic E-state index is 12.8. The van der Waals surface area contributed by atoms with E-state index in [1.54, 1.807) is 0 Å². The van der Waals surface area contributed by atoms with Crippen molar-refractivity contribution in [1.82, 2.24) is 9.80 Å². The summed E-state index contributed by atoms with van der Waals surface area (Å²) in [6, 6.07) is 13.3. The maximum Gasteiger partial charge on any atom is 0.416 e. The van der Waals surface area contributed by atoms with E-state index in [0.29, 0.717) is 42.9 Å². The molecule has 3 nitrogen and oxygen atoms in total. The Bertz CT molecular complexity index is 857. The monoisotopic (exact) mass is 452 g/mol. The lowest BCUT2D eigenvalue weighted by molar-refractivity contribution is -0.137. The first kappa shape index (κ1) is 21.6. The van der Waals surface area contributed by atoms with Gasteiger partial charge in [-0.25, -0.2) is 0 Å². The highest BCUT2D eigenvalue weighted by molar-refractivity contribution is 8.19. The van der Waals surface area contributed by atoms with Crippen LogP contribution in [-0.2, 0) is 12.7 Å². The standard InChI is InChI=1S/C22H23F3N2OS2/c23-22(24,25)19-7-1-16(2-8-19)15-26-9-11-27(12-10-26)20(28)17-3-5-18(6-4-17)21-29-13-14-30-21/h1-8,21H,9-15H2. The van der Waals surface area contributed by atoms with Gasteiger partial charge in [0.1, 0.15) is 0 Å². The lowest BCUT2D eigenvalue weighted by Gasteiger charge is -2.35. The summed E-state index contributed by atoms with van der Waals surface area (Å²) < 4.78 is 38.5. The lowest BCUT2D eigenvalue weighted by atomic mass is 10.1. The molecule has 0 aliphatic carbocycles. The molecule has 2 aromatic rings. The van der Waals surface area contributed by atoms with Gasteiger partial charge in [-0.3, -0.25) is 9.69 Å². The van der Waals surface area contributed by atoms with E-state index in [-0.39, 0.29) is 5.91 Å². The van der Waals surface area contributed by atoms with Crippen LogP contribution in [0.1, 0.15) is 31.6 Å². The van der Waals surface area contributed by atoms with Crippen LogP contribution in [0.3, 0.4) is 0 Å². The van der Waals surface area contributed by atoms with E-state index < -0.39 is 11.7 Å². The number of hydrogen-bond acceptors (Lipinski definition) is 4. The first-order valence-electron chi connectivity index (χ1n) is 9.91. The molecule has 0 unspecified atom stereocenters. The zero-order valence-electron chi connectivity index (χ0n) is 16.4. The molecule has 0 aromatic heterocycles. The van der Waals surface area contributed by atoms with Gasteiger partial charge in [-0.2, -0.15) is 13.2 Å². The second-order valence-electron chi connectivity index (χ2n) is 7.46. The molecule has 8 heteroatoms. The first-order chi connectivity index (χ1) is 14.4. The number of alkyl halides is 3.